The molecule has 0 N–H and O–H groups in total. The highest BCUT2D eigenvalue weighted by atomic mass is 35.5. The van der Waals surface area contributed by atoms with Crippen LogP contribution in [-0.2, 0) is 12.7 Å². The van der Waals surface area contributed by atoms with E-state index >= 15 is 0 Å². The normalized spacial score (nSPS) is 21.7. The van der Waals surface area contributed by atoms with Gasteiger partial charge in [0.05, 0.1) is 5.56 Å². The van der Waals surface area contributed by atoms with Crippen LogP contribution in [0.5, 0.6) is 0 Å². The Morgan fingerprint density at radius 1 is 1.10 bits per heavy atom. The lowest BCUT2D eigenvalue weighted by Crippen LogP contribution is -2.35. The molecule has 0 spiro atoms. The number of likely N-dealkylation sites (tertiary alicyclic amines) is 1. The Morgan fingerprint density at radius 3 is 2.40 bits per heavy atom. The standard InChI is InChI=1S/C15H19ClF3N/c16-10-14-4-2-1-3-9-20(14)11-12-5-7-13(8-6-12)15(17,18)19/h5-8,14H,1-4,9-11H2. The van der Waals surface area contributed by atoms with Crippen molar-refractivity contribution in [2.45, 2.75) is 44.4 Å². The fourth-order valence-corrected chi connectivity index (χ4v) is 3.00. The zero-order chi connectivity index (χ0) is 14.6. The maximum absolute atomic E-state index is 12.5. The third-order valence-corrected chi connectivity index (χ3v) is 4.20. The summed E-state index contributed by atoms with van der Waals surface area (Å²) in [7, 11) is 0. The van der Waals surface area contributed by atoms with Crippen LogP contribution < -0.4 is 0 Å². The van der Waals surface area contributed by atoms with Gasteiger partial charge in [-0.1, -0.05) is 25.0 Å². The van der Waals surface area contributed by atoms with Gasteiger partial charge in [-0.05, 0) is 37.1 Å². The monoisotopic (exact) mass is 305 g/mol. The quantitative estimate of drug-likeness (QED) is 0.732. The summed E-state index contributed by atoms with van der Waals surface area (Å²) < 4.78 is 37.6. The van der Waals surface area contributed by atoms with E-state index in [9.17, 15) is 13.2 Å². The van der Waals surface area contributed by atoms with Crippen molar-refractivity contribution >= 4 is 11.6 Å². The molecule has 0 bridgehead atoms. The van der Waals surface area contributed by atoms with Crippen molar-refractivity contribution in [3.05, 3.63) is 35.4 Å². The lowest BCUT2D eigenvalue weighted by Gasteiger charge is -2.28. The van der Waals surface area contributed by atoms with Crippen LogP contribution in [0.4, 0.5) is 13.2 Å². The molecule has 1 unspecified atom stereocenters. The summed E-state index contributed by atoms with van der Waals surface area (Å²) in [5.41, 5.74) is 0.320. The molecule has 1 heterocycles. The molecule has 1 aliphatic heterocycles. The van der Waals surface area contributed by atoms with Gasteiger partial charge in [-0.2, -0.15) is 13.2 Å². The summed E-state index contributed by atoms with van der Waals surface area (Å²) in [5, 5.41) is 0. The number of alkyl halides is 4. The second-order valence-corrected chi connectivity index (χ2v) is 5.63. The molecule has 1 atom stereocenters. The highest BCUT2D eigenvalue weighted by Crippen LogP contribution is 2.29. The van der Waals surface area contributed by atoms with Gasteiger partial charge in [0.1, 0.15) is 0 Å². The third-order valence-electron chi connectivity index (χ3n) is 3.84. The Labute approximate surface area is 122 Å². The molecule has 1 fully saturated rings. The van der Waals surface area contributed by atoms with Crippen molar-refractivity contribution in [1.29, 1.82) is 0 Å². The van der Waals surface area contributed by atoms with Crippen LogP contribution in [0.15, 0.2) is 24.3 Å². The molecule has 1 saturated heterocycles. The first-order valence-electron chi connectivity index (χ1n) is 6.97. The SMILES string of the molecule is FC(F)(F)c1ccc(CN2CCCCCC2CCl)cc1. The molecule has 1 aromatic rings. The molecule has 1 aliphatic rings. The Bertz CT molecular complexity index is 416. The molecule has 1 aromatic carbocycles. The van der Waals surface area contributed by atoms with Gasteiger partial charge in [0.2, 0.25) is 0 Å². The van der Waals surface area contributed by atoms with Crippen LogP contribution in [0.25, 0.3) is 0 Å². The van der Waals surface area contributed by atoms with E-state index in [1.807, 2.05) is 0 Å². The fourth-order valence-electron chi connectivity index (χ4n) is 2.65. The van der Waals surface area contributed by atoms with Gasteiger partial charge < -0.3 is 0 Å². The van der Waals surface area contributed by atoms with Crippen LogP contribution >= 0.6 is 11.6 Å². The third kappa shape index (κ3) is 4.13. The lowest BCUT2D eigenvalue weighted by atomic mass is 10.1. The Kier molecular flexibility index (Phi) is 5.33. The van der Waals surface area contributed by atoms with Crippen LogP contribution in [0.2, 0.25) is 0 Å². The van der Waals surface area contributed by atoms with E-state index in [2.05, 4.69) is 4.90 Å². The van der Waals surface area contributed by atoms with E-state index in [4.69, 9.17) is 11.6 Å². The van der Waals surface area contributed by atoms with E-state index in [0.717, 1.165) is 37.1 Å². The van der Waals surface area contributed by atoms with Gasteiger partial charge in [-0.3, -0.25) is 4.90 Å². The van der Waals surface area contributed by atoms with Gasteiger partial charge in [0, 0.05) is 18.5 Å². The molecule has 0 aromatic heterocycles. The summed E-state index contributed by atoms with van der Waals surface area (Å²) in [6, 6.07) is 5.78. The molecular formula is C15H19ClF3N. The number of nitrogens with zero attached hydrogens (tertiary/aromatic N) is 1. The van der Waals surface area contributed by atoms with E-state index in [0.29, 0.717) is 18.5 Å². The summed E-state index contributed by atoms with van der Waals surface area (Å²) >= 11 is 6.01. The number of hydrogen-bond acceptors (Lipinski definition) is 1. The topological polar surface area (TPSA) is 3.24 Å². The number of hydrogen-bond donors (Lipinski definition) is 0. The Balaban J connectivity index is 2.04. The first-order valence-corrected chi connectivity index (χ1v) is 7.50. The molecule has 112 valence electrons. The largest absolute Gasteiger partial charge is 0.416 e. The molecule has 5 heteroatoms. The summed E-state index contributed by atoms with van der Waals surface area (Å²) in [6.45, 7) is 1.65. The predicted octanol–water partition coefficient (Wildman–Crippen LogP) is 4.69. The number of rotatable bonds is 3. The van der Waals surface area contributed by atoms with Crippen LogP contribution in [0, 0.1) is 0 Å². The van der Waals surface area contributed by atoms with E-state index in [1.54, 1.807) is 12.1 Å². The first-order chi connectivity index (χ1) is 9.50. The van der Waals surface area contributed by atoms with E-state index in [1.165, 1.54) is 12.8 Å². The zero-order valence-corrected chi connectivity index (χ0v) is 12.1. The van der Waals surface area contributed by atoms with Gasteiger partial charge in [-0.25, -0.2) is 0 Å². The Morgan fingerprint density at radius 2 is 1.80 bits per heavy atom. The molecule has 0 saturated carbocycles. The minimum absolute atomic E-state index is 0.335. The van der Waals surface area contributed by atoms with Gasteiger partial charge in [0.15, 0.2) is 0 Å². The average molecular weight is 306 g/mol. The maximum atomic E-state index is 12.5. The number of benzene rings is 1. The van der Waals surface area contributed by atoms with Crippen molar-refractivity contribution in [3.8, 4) is 0 Å². The van der Waals surface area contributed by atoms with Crippen molar-refractivity contribution < 1.29 is 13.2 Å². The van der Waals surface area contributed by atoms with Gasteiger partial charge >= 0.3 is 6.18 Å². The Hall–Kier alpha value is -0.740. The van der Waals surface area contributed by atoms with Gasteiger partial charge in [-0.15, -0.1) is 11.6 Å². The molecule has 0 radical (unpaired) electrons. The fraction of sp³-hybridized carbons (Fsp3) is 0.600. The number of halogens is 4. The lowest BCUT2D eigenvalue weighted by molar-refractivity contribution is -0.137. The smallest absolute Gasteiger partial charge is 0.295 e. The molecule has 20 heavy (non-hydrogen) atoms. The molecule has 1 nitrogen and oxygen atoms in total. The van der Waals surface area contributed by atoms with Gasteiger partial charge in [0.25, 0.3) is 0 Å². The molecule has 0 amide bonds. The highest BCUT2D eigenvalue weighted by Gasteiger charge is 2.30. The highest BCUT2D eigenvalue weighted by molar-refractivity contribution is 6.18. The second kappa shape index (κ2) is 6.81. The zero-order valence-electron chi connectivity index (χ0n) is 11.3. The van der Waals surface area contributed by atoms with Crippen molar-refractivity contribution in [2.24, 2.45) is 0 Å². The average Bonchev–Trinajstić information content (AvgIpc) is 2.63. The van der Waals surface area contributed by atoms with Crippen LogP contribution in [0.3, 0.4) is 0 Å². The van der Waals surface area contributed by atoms with E-state index < -0.39 is 11.7 Å². The van der Waals surface area contributed by atoms with Crippen LogP contribution in [0.1, 0.15) is 36.8 Å². The minimum atomic E-state index is -4.26. The maximum Gasteiger partial charge on any atom is 0.416 e. The van der Waals surface area contributed by atoms with E-state index in [-0.39, 0.29) is 0 Å². The van der Waals surface area contributed by atoms with Crippen molar-refractivity contribution in [3.63, 3.8) is 0 Å². The second-order valence-electron chi connectivity index (χ2n) is 5.32. The summed E-state index contributed by atoms with van der Waals surface area (Å²) in [5.74, 6) is 0.584. The predicted molar refractivity (Wildman–Crippen MR) is 74.8 cm³/mol. The minimum Gasteiger partial charge on any atom is -0.295 e. The molecule has 2 rings (SSSR count). The molecular weight excluding hydrogens is 287 g/mol. The van der Waals surface area contributed by atoms with Crippen molar-refractivity contribution in [1.82, 2.24) is 4.90 Å². The summed E-state index contributed by atoms with van der Waals surface area (Å²) in [6.07, 6.45) is 0.329. The van der Waals surface area contributed by atoms with Crippen LogP contribution in [-0.4, -0.2) is 23.4 Å². The molecule has 0 aliphatic carbocycles. The summed E-state index contributed by atoms with van der Waals surface area (Å²) in [4.78, 5) is 2.29. The van der Waals surface area contributed by atoms with Crippen molar-refractivity contribution in [2.75, 3.05) is 12.4 Å². The first kappa shape index (κ1) is 15.6.